The van der Waals surface area contributed by atoms with Crippen molar-refractivity contribution in [3.63, 3.8) is 0 Å². The first-order chi connectivity index (χ1) is 9.70. The summed E-state index contributed by atoms with van der Waals surface area (Å²) < 4.78 is 5.23. The van der Waals surface area contributed by atoms with Gasteiger partial charge in [0.2, 0.25) is 5.91 Å². The Balaban J connectivity index is 2.01. The van der Waals surface area contributed by atoms with Crippen LogP contribution in [0.25, 0.3) is 6.08 Å². The Labute approximate surface area is 117 Å². The Hall–Kier alpha value is -2.56. The minimum atomic E-state index is -0.0905. The van der Waals surface area contributed by atoms with Crippen molar-refractivity contribution in [2.45, 2.75) is 6.54 Å². The fourth-order valence-corrected chi connectivity index (χ4v) is 1.78. The van der Waals surface area contributed by atoms with Crippen LogP contribution in [0.3, 0.4) is 0 Å². The maximum Gasteiger partial charge on any atom is 0.246 e. The number of aromatic nitrogens is 2. The molecule has 1 N–H and O–H groups in total. The van der Waals surface area contributed by atoms with Gasteiger partial charge in [-0.2, -0.15) is 0 Å². The number of para-hydroxylation sites is 1. The van der Waals surface area contributed by atoms with Crippen LogP contribution < -0.4 is 4.74 Å². The van der Waals surface area contributed by atoms with Gasteiger partial charge in [0.25, 0.3) is 0 Å². The summed E-state index contributed by atoms with van der Waals surface area (Å²) >= 11 is 0. The monoisotopic (exact) mass is 271 g/mol. The average Bonchev–Trinajstić information content (AvgIpc) is 2.97. The average molecular weight is 271 g/mol. The van der Waals surface area contributed by atoms with E-state index in [2.05, 4.69) is 9.97 Å². The van der Waals surface area contributed by atoms with Gasteiger partial charge in [-0.1, -0.05) is 18.2 Å². The lowest BCUT2D eigenvalue weighted by molar-refractivity contribution is -0.125. The summed E-state index contributed by atoms with van der Waals surface area (Å²) in [6, 6.07) is 7.55. The van der Waals surface area contributed by atoms with E-state index in [1.165, 1.54) is 6.08 Å². The van der Waals surface area contributed by atoms with Crippen molar-refractivity contribution in [3.05, 3.63) is 54.1 Å². The number of H-pyrrole nitrogens is 1. The molecule has 1 aromatic heterocycles. The SMILES string of the molecule is COc1ccccc1C=CC(=O)N(C)Cc1ncc[nH]1. The Bertz CT molecular complexity index is 591. The van der Waals surface area contributed by atoms with E-state index < -0.39 is 0 Å². The molecule has 20 heavy (non-hydrogen) atoms. The van der Waals surface area contributed by atoms with Crippen LogP contribution in [0.15, 0.2) is 42.7 Å². The molecule has 0 aliphatic rings. The number of nitrogens with zero attached hydrogens (tertiary/aromatic N) is 2. The van der Waals surface area contributed by atoms with Crippen LogP contribution in [0.4, 0.5) is 0 Å². The fraction of sp³-hybridized carbons (Fsp3) is 0.200. The molecule has 0 aliphatic heterocycles. The zero-order valence-corrected chi connectivity index (χ0v) is 11.5. The van der Waals surface area contributed by atoms with Crippen LogP contribution in [-0.2, 0) is 11.3 Å². The van der Waals surface area contributed by atoms with Crippen LogP contribution in [0.5, 0.6) is 5.75 Å². The van der Waals surface area contributed by atoms with E-state index in [0.29, 0.717) is 6.54 Å². The third-order valence-corrected chi connectivity index (χ3v) is 2.86. The minimum Gasteiger partial charge on any atom is -0.496 e. The van der Waals surface area contributed by atoms with Crippen LogP contribution in [0.2, 0.25) is 0 Å². The highest BCUT2D eigenvalue weighted by Crippen LogP contribution is 2.18. The molecular formula is C15H17N3O2. The van der Waals surface area contributed by atoms with Gasteiger partial charge in [-0.05, 0) is 12.1 Å². The molecule has 2 aromatic rings. The summed E-state index contributed by atoms with van der Waals surface area (Å²) in [5.74, 6) is 1.41. The molecule has 0 radical (unpaired) electrons. The molecule has 104 valence electrons. The first kappa shape index (κ1) is 13.9. The Morgan fingerprint density at radius 1 is 1.45 bits per heavy atom. The van der Waals surface area contributed by atoms with Crippen LogP contribution in [-0.4, -0.2) is 34.9 Å². The molecular weight excluding hydrogens is 254 g/mol. The van der Waals surface area contributed by atoms with Gasteiger partial charge in [-0.3, -0.25) is 4.79 Å². The number of rotatable bonds is 5. The molecule has 0 spiro atoms. The molecule has 0 saturated heterocycles. The Morgan fingerprint density at radius 3 is 2.95 bits per heavy atom. The number of ether oxygens (including phenoxy) is 1. The van der Waals surface area contributed by atoms with Gasteiger partial charge in [0, 0.05) is 31.1 Å². The zero-order valence-electron chi connectivity index (χ0n) is 11.5. The smallest absolute Gasteiger partial charge is 0.246 e. The highest BCUT2D eigenvalue weighted by Gasteiger charge is 2.07. The van der Waals surface area contributed by atoms with E-state index >= 15 is 0 Å². The van der Waals surface area contributed by atoms with Gasteiger partial charge in [0.05, 0.1) is 13.7 Å². The topological polar surface area (TPSA) is 58.2 Å². The molecule has 0 atom stereocenters. The Kier molecular flexibility index (Phi) is 4.55. The highest BCUT2D eigenvalue weighted by molar-refractivity contribution is 5.91. The van der Waals surface area contributed by atoms with Gasteiger partial charge in [-0.25, -0.2) is 4.98 Å². The van der Waals surface area contributed by atoms with Gasteiger partial charge < -0.3 is 14.6 Å². The lowest BCUT2D eigenvalue weighted by Gasteiger charge is -2.13. The molecule has 0 aliphatic carbocycles. The minimum absolute atomic E-state index is 0.0905. The van der Waals surface area contributed by atoms with Gasteiger partial charge in [0.15, 0.2) is 0 Å². The van der Waals surface area contributed by atoms with Crippen LogP contribution in [0.1, 0.15) is 11.4 Å². The lowest BCUT2D eigenvalue weighted by atomic mass is 10.2. The van der Waals surface area contributed by atoms with Crippen LogP contribution >= 0.6 is 0 Å². The number of carbonyl (C=O) groups excluding carboxylic acids is 1. The van der Waals surface area contributed by atoms with Crippen molar-refractivity contribution in [2.75, 3.05) is 14.2 Å². The predicted molar refractivity (Wildman–Crippen MR) is 77.1 cm³/mol. The second kappa shape index (κ2) is 6.56. The summed E-state index contributed by atoms with van der Waals surface area (Å²) in [6.07, 6.45) is 6.68. The van der Waals surface area contributed by atoms with Crippen molar-refractivity contribution in [1.82, 2.24) is 14.9 Å². The molecule has 0 fully saturated rings. The van der Waals surface area contributed by atoms with E-state index in [9.17, 15) is 4.79 Å². The van der Waals surface area contributed by atoms with E-state index in [1.54, 1.807) is 37.5 Å². The number of carbonyl (C=O) groups is 1. The summed E-state index contributed by atoms with van der Waals surface area (Å²) in [7, 11) is 3.34. The molecule has 2 rings (SSSR count). The summed E-state index contributed by atoms with van der Waals surface area (Å²) in [5, 5.41) is 0. The van der Waals surface area contributed by atoms with E-state index in [1.807, 2.05) is 24.3 Å². The van der Waals surface area contributed by atoms with Crippen molar-refractivity contribution in [2.24, 2.45) is 0 Å². The third kappa shape index (κ3) is 3.47. The van der Waals surface area contributed by atoms with Crippen molar-refractivity contribution < 1.29 is 9.53 Å². The van der Waals surface area contributed by atoms with E-state index in [-0.39, 0.29) is 5.91 Å². The number of hydrogen-bond acceptors (Lipinski definition) is 3. The number of nitrogens with one attached hydrogen (secondary N) is 1. The molecule has 1 amide bonds. The molecule has 1 heterocycles. The summed E-state index contributed by atoms with van der Waals surface area (Å²) in [4.78, 5) is 20.6. The molecule has 0 unspecified atom stereocenters. The molecule has 0 bridgehead atoms. The summed E-state index contributed by atoms with van der Waals surface area (Å²) in [5.41, 5.74) is 0.870. The molecule has 5 nitrogen and oxygen atoms in total. The standard InChI is InChI=1S/C15H17N3O2/c1-18(11-14-16-9-10-17-14)15(19)8-7-12-5-3-4-6-13(12)20-2/h3-10H,11H2,1-2H3,(H,16,17). The highest BCUT2D eigenvalue weighted by atomic mass is 16.5. The van der Waals surface area contributed by atoms with Gasteiger partial charge in [0.1, 0.15) is 11.6 Å². The van der Waals surface area contributed by atoms with Crippen molar-refractivity contribution in [3.8, 4) is 5.75 Å². The van der Waals surface area contributed by atoms with Crippen molar-refractivity contribution in [1.29, 1.82) is 0 Å². The number of likely N-dealkylation sites (N-methyl/N-ethyl adjacent to an activating group) is 1. The number of benzene rings is 1. The maximum atomic E-state index is 12.0. The second-order valence-corrected chi connectivity index (χ2v) is 4.31. The van der Waals surface area contributed by atoms with Crippen LogP contribution in [0, 0.1) is 0 Å². The molecule has 5 heteroatoms. The normalized spacial score (nSPS) is 10.7. The quantitative estimate of drug-likeness (QED) is 0.847. The largest absolute Gasteiger partial charge is 0.496 e. The Morgan fingerprint density at radius 2 is 2.25 bits per heavy atom. The van der Waals surface area contributed by atoms with Gasteiger partial charge in [-0.15, -0.1) is 0 Å². The second-order valence-electron chi connectivity index (χ2n) is 4.31. The lowest BCUT2D eigenvalue weighted by Crippen LogP contribution is -2.24. The number of methoxy groups -OCH3 is 1. The first-order valence-corrected chi connectivity index (χ1v) is 6.25. The van der Waals surface area contributed by atoms with E-state index in [4.69, 9.17) is 4.74 Å². The third-order valence-electron chi connectivity index (χ3n) is 2.86. The zero-order chi connectivity index (χ0) is 14.4. The fourth-order valence-electron chi connectivity index (χ4n) is 1.78. The number of imidazole rings is 1. The summed E-state index contributed by atoms with van der Waals surface area (Å²) in [6.45, 7) is 0.447. The van der Waals surface area contributed by atoms with E-state index in [0.717, 1.165) is 17.1 Å². The molecule has 0 saturated carbocycles. The number of hydrogen-bond donors (Lipinski definition) is 1. The number of amides is 1. The van der Waals surface area contributed by atoms with Gasteiger partial charge >= 0.3 is 0 Å². The van der Waals surface area contributed by atoms with Crippen molar-refractivity contribution >= 4 is 12.0 Å². The molecule has 1 aromatic carbocycles. The number of aromatic amines is 1. The predicted octanol–water partition coefficient (Wildman–Crippen LogP) is 2.09. The first-order valence-electron chi connectivity index (χ1n) is 6.25. The maximum absolute atomic E-state index is 12.0.